The summed E-state index contributed by atoms with van der Waals surface area (Å²) in [6.07, 6.45) is 1.71. The normalized spacial score (nSPS) is 10.6. The van der Waals surface area contributed by atoms with Gasteiger partial charge in [0.05, 0.1) is 6.10 Å². The van der Waals surface area contributed by atoms with Gasteiger partial charge in [0.1, 0.15) is 5.82 Å². The quantitative estimate of drug-likeness (QED) is 0.915. The van der Waals surface area contributed by atoms with E-state index in [-0.39, 0.29) is 11.9 Å². The molecule has 1 aromatic carbocycles. The van der Waals surface area contributed by atoms with E-state index in [0.717, 1.165) is 5.56 Å². The van der Waals surface area contributed by atoms with E-state index in [2.05, 4.69) is 15.3 Å². The second-order valence-electron chi connectivity index (χ2n) is 4.48. The number of nitrogens with zero attached hydrogens (tertiary/aromatic N) is 2. The van der Waals surface area contributed by atoms with Gasteiger partial charge in [-0.25, -0.2) is 9.37 Å². The predicted molar refractivity (Wildman–Crippen MR) is 72.2 cm³/mol. The molecular weight excluding hydrogens is 245 g/mol. The summed E-state index contributed by atoms with van der Waals surface area (Å²) in [4.78, 5) is 8.42. The number of hydrogen-bond acceptors (Lipinski definition) is 4. The van der Waals surface area contributed by atoms with Crippen molar-refractivity contribution in [2.24, 2.45) is 0 Å². The third-order valence-electron chi connectivity index (χ3n) is 2.35. The fourth-order valence-corrected chi connectivity index (χ4v) is 1.52. The van der Waals surface area contributed by atoms with Crippen LogP contribution in [0.3, 0.4) is 0 Å². The van der Waals surface area contributed by atoms with Crippen LogP contribution in [0.5, 0.6) is 5.88 Å². The van der Waals surface area contributed by atoms with Gasteiger partial charge in [-0.15, -0.1) is 0 Å². The highest BCUT2D eigenvalue weighted by atomic mass is 19.1. The number of benzene rings is 1. The first-order chi connectivity index (χ1) is 9.04. The van der Waals surface area contributed by atoms with Gasteiger partial charge < -0.3 is 10.1 Å². The number of aryl methyl sites for hydroxylation is 1. The topological polar surface area (TPSA) is 47.0 Å². The lowest BCUT2D eigenvalue weighted by Crippen LogP contribution is -2.09. The molecule has 0 aliphatic heterocycles. The molecule has 0 spiro atoms. The van der Waals surface area contributed by atoms with Crippen LogP contribution in [0.2, 0.25) is 0 Å². The van der Waals surface area contributed by atoms with Gasteiger partial charge in [-0.2, -0.15) is 4.98 Å². The molecule has 2 aromatic rings. The number of rotatable bonds is 4. The van der Waals surface area contributed by atoms with Crippen molar-refractivity contribution in [2.75, 3.05) is 5.32 Å². The van der Waals surface area contributed by atoms with E-state index in [1.54, 1.807) is 18.3 Å². The van der Waals surface area contributed by atoms with E-state index >= 15 is 0 Å². The van der Waals surface area contributed by atoms with Gasteiger partial charge in [-0.05, 0) is 39.0 Å². The summed E-state index contributed by atoms with van der Waals surface area (Å²) < 4.78 is 18.7. The molecule has 0 fully saturated rings. The van der Waals surface area contributed by atoms with Crippen LogP contribution >= 0.6 is 0 Å². The molecule has 5 heteroatoms. The Kier molecular flexibility index (Phi) is 3.94. The summed E-state index contributed by atoms with van der Waals surface area (Å²) in [6.45, 7) is 5.74. The molecular formula is C14H16FN3O. The molecule has 0 radical (unpaired) electrons. The van der Waals surface area contributed by atoms with Gasteiger partial charge >= 0.3 is 0 Å². The fourth-order valence-electron chi connectivity index (χ4n) is 1.52. The van der Waals surface area contributed by atoms with Crippen molar-refractivity contribution in [2.45, 2.75) is 26.9 Å². The first-order valence-corrected chi connectivity index (χ1v) is 6.07. The minimum absolute atomic E-state index is 0.0376. The van der Waals surface area contributed by atoms with Crippen molar-refractivity contribution >= 4 is 11.6 Å². The number of aromatic nitrogens is 2. The van der Waals surface area contributed by atoms with Gasteiger partial charge in [0.25, 0.3) is 0 Å². The van der Waals surface area contributed by atoms with Crippen LogP contribution in [-0.4, -0.2) is 16.1 Å². The molecule has 4 nitrogen and oxygen atoms in total. The maximum absolute atomic E-state index is 13.1. The summed E-state index contributed by atoms with van der Waals surface area (Å²) in [5, 5.41) is 2.94. The molecule has 100 valence electrons. The van der Waals surface area contributed by atoms with Crippen LogP contribution in [0, 0.1) is 12.7 Å². The molecule has 0 amide bonds. The van der Waals surface area contributed by atoms with Crippen LogP contribution in [-0.2, 0) is 0 Å². The zero-order valence-corrected chi connectivity index (χ0v) is 11.1. The summed E-state index contributed by atoms with van der Waals surface area (Å²) in [5.74, 6) is 0.603. The standard InChI is InChI=1S/C14H16FN3O/c1-9(2)19-13-10(3)8-16-14(18-13)17-12-6-4-5-11(15)7-12/h4-9H,1-3H3,(H,16,17,18). The molecule has 1 aromatic heterocycles. The lowest BCUT2D eigenvalue weighted by molar-refractivity contribution is 0.231. The molecule has 0 aliphatic carbocycles. The summed E-state index contributed by atoms with van der Waals surface area (Å²) in [7, 11) is 0. The van der Waals surface area contributed by atoms with Gasteiger partial charge in [0.2, 0.25) is 11.8 Å². The highest BCUT2D eigenvalue weighted by Gasteiger charge is 2.07. The van der Waals surface area contributed by atoms with Crippen molar-refractivity contribution in [3.8, 4) is 5.88 Å². The van der Waals surface area contributed by atoms with E-state index in [4.69, 9.17) is 4.74 Å². The maximum Gasteiger partial charge on any atom is 0.230 e. The summed E-state index contributed by atoms with van der Waals surface area (Å²) >= 11 is 0. The van der Waals surface area contributed by atoms with Crippen LogP contribution in [0.4, 0.5) is 16.0 Å². The zero-order valence-electron chi connectivity index (χ0n) is 11.1. The number of nitrogens with one attached hydrogen (secondary N) is 1. The Morgan fingerprint density at radius 2 is 2.11 bits per heavy atom. The largest absolute Gasteiger partial charge is 0.475 e. The molecule has 0 aliphatic rings. The zero-order chi connectivity index (χ0) is 13.8. The Balaban J connectivity index is 2.21. The van der Waals surface area contributed by atoms with Gasteiger partial charge in [-0.3, -0.25) is 0 Å². The van der Waals surface area contributed by atoms with Crippen molar-refractivity contribution in [1.29, 1.82) is 0 Å². The van der Waals surface area contributed by atoms with Crippen LogP contribution in [0.25, 0.3) is 0 Å². The molecule has 0 saturated carbocycles. The SMILES string of the molecule is Cc1cnc(Nc2cccc(F)c2)nc1OC(C)C. The van der Waals surface area contributed by atoms with Crippen LogP contribution < -0.4 is 10.1 Å². The molecule has 0 unspecified atom stereocenters. The molecule has 0 atom stereocenters. The molecule has 19 heavy (non-hydrogen) atoms. The summed E-state index contributed by atoms with van der Waals surface area (Å²) in [6, 6.07) is 6.13. The average Bonchev–Trinajstić information content (AvgIpc) is 2.33. The second kappa shape index (κ2) is 5.65. The van der Waals surface area contributed by atoms with Crippen molar-refractivity contribution < 1.29 is 9.13 Å². The fraction of sp³-hybridized carbons (Fsp3) is 0.286. The Morgan fingerprint density at radius 3 is 2.79 bits per heavy atom. The maximum atomic E-state index is 13.1. The first-order valence-electron chi connectivity index (χ1n) is 6.07. The molecule has 0 saturated heterocycles. The summed E-state index contributed by atoms with van der Waals surface area (Å²) in [5.41, 5.74) is 1.46. The van der Waals surface area contributed by atoms with Crippen molar-refractivity contribution in [3.63, 3.8) is 0 Å². The number of anilines is 2. The Labute approximate surface area is 111 Å². The second-order valence-corrected chi connectivity index (χ2v) is 4.48. The molecule has 2 rings (SSSR count). The Hall–Kier alpha value is -2.17. The number of hydrogen-bond donors (Lipinski definition) is 1. The van der Waals surface area contributed by atoms with Crippen molar-refractivity contribution in [3.05, 3.63) is 41.8 Å². The highest BCUT2D eigenvalue weighted by Crippen LogP contribution is 2.19. The Bertz CT molecular complexity index is 572. The van der Waals surface area contributed by atoms with E-state index in [1.165, 1.54) is 12.1 Å². The van der Waals surface area contributed by atoms with Crippen LogP contribution in [0.1, 0.15) is 19.4 Å². The van der Waals surface area contributed by atoms with E-state index in [9.17, 15) is 4.39 Å². The average molecular weight is 261 g/mol. The minimum Gasteiger partial charge on any atom is -0.475 e. The first kappa shape index (κ1) is 13.3. The number of halogens is 1. The smallest absolute Gasteiger partial charge is 0.230 e. The van der Waals surface area contributed by atoms with Crippen molar-refractivity contribution in [1.82, 2.24) is 9.97 Å². The third kappa shape index (κ3) is 3.64. The van der Waals surface area contributed by atoms with Gasteiger partial charge in [0, 0.05) is 17.4 Å². The minimum atomic E-state index is -0.309. The Morgan fingerprint density at radius 1 is 1.32 bits per heavy atom. The predicted octanol–water partition coefficient (Wildman–Crippen LogP) is 3.45. The lowest BCUT2D eigenvalue weighted by atomic mass is 10.3. The van der Waals surface area contributed by atoms with E-state index in [1.807, 2.05) is 20.8 Å². The van der Waals surface area contributed by atoms with E-state index in [0.29, 0.717) is 17.5 Å². The van der Waals surface area contributed by atoms with Gasteiger partial charge in [0.15, 0.2) is 0 Å². The van der Waals surface area contributed by atoms with Crippen LogP contribution in [0.15, 0.2) is 30.5 Å². The lowest BCUT2D eigenvalue weighted by Gasteiger charge is -2.12. The molecule has 1 N–H and O–H groups in total. The molecule has 1 heterocycles. The monoisotopic (exact) mass is 261 g/mol. The van der Waals surface area contributed by atoms with E-state index < -0.39 is 0 Å². The number of ether oxygens (including phenoxy) is 1. The van der Waals surface area contributed by atoms with Gasteiger partial charge in [-0.1, -0.05) is 6.07 Å². The highest BCUT2D eigenvalue weighted by molar-refractivity contribution is 5.53. The molecule has 0 bridgehead atoms. The third-order valence-corrected chi connectivity index (χ3v) is 2.35.